The molecule has 0 fully saturated rings. The molecule has 96 valence electrons. The number of nitrogens with one attached hydrogen (secondary N) is 2. The predicted octanol–water partition coefficient (Wildman–Crippen LogP) is 2.64. The first-order chi connectivity index (χ1) is 8.60. The van der Waals surface area contributed by atoms with E-state index in [0.717, 1.165) is 5.76 Å². The van der Waals surface area contributed by atoms with Gasteiger partial charge < -0.3 is 15.1 Å². The number of aryl methyl sites for hydroxylation is 1. The van der Waals surface area contributed by atoms with E-state index >= 15 is 0 Å². The normalized spacial score (nSPS) is 12.2. The smallest absolute Gasteiger partial charge is 0.224 e. The first-order valence-corrected chi connectivity index (χ1v) is 5.87. The summed E-state index contributed by atoms with van der Waals surface area (Å²) in [6.07, 6.45) is 3.21. The first kappa shape index (κ1) is 12.6. The lowest BCUT2D eigenvalue weighted by Crippen LogP contribution is -2.10. The Kier molecular flexibility index (Phi) is 3.66. The van der Waals surface area contributed by atoms with Gasteiger partial charge in [0.2, 0.25) is 11.8 Å². The summed E-state index contributed by atoms with van der Waals surface area (Å²) in [4.78, 5) is 12.4. The van der Waals surface area contributed by atoms with Crippen LogP contribution in [0.25, 0.3) is 0 Å². The highest BCUT2D eigenvalue weighted by Gasteiger charge is 2.14. The van der Waals surface area contributed by atoms with Gasteiger partial charge in [0.1, 0.15) is 16.8 Å². The summed E-state index contributed by atoms with van der Waals surface area (Å²) in [6.45, 7) is 3.77. The molecule has 7 heteroatoms. The van der Waals surface area contributed by atoms with Crippen molar-refractivity contribution in [3.05, 3.63) is 29.1 Å². The predicted molar refractivity (Wildman–Crippen MR) is 69.9 cm³/mol. The highest BCUT2D eigenvalue weighted by molar-refractivity contribution is 6.32. The van der Waals surface area contributed by atoms with Crippen molar-refractivity contribution >= 4 is 23.4 Å². The first-order valence-electron chi connectivity index (χ1n) is 5.49. The van der Waals surface area contributed by atoms with Gasteiger partial charge in [0, 0.05) is 7.05 Å². The fraction of sp³-hybridized carbons (Fsp3) is 0.364. The van der Waals surface area contributed by atoms with Crippen LogP contribution < -0.4 is 10.6 Å². The van der Waals surface area contributed by atoms with E-state index in [9.17, 15) is 0 Å². The zero-order chi connectivity index (χ0) is 13.1. The largest absolute Gasteiger partial charge is 0.444 e. The molecule has 2 aromatic rings. The average Bonchev–Trinajstić information content (AvgIpc) is 2.79. The third-order valence-electron chi connectivity index (χ3n) is 2.33. The molecule has 0 bridgehead atoms. The van der Waals surface area contributed by atoms with Gasteiger partial charge in [0.05, 0.1) is 12.4 Å². The molecule has 0 radical (unpaired) electrons. The number of oxazole rings is 1. The molecule has 2 heterocycles. The maximum absolute atomic E-state index is 6.02. The van der Waals surface area contributed by atoms with Crippen LogP contribution in [0.15, 0.2) is 16.8 Å². The molecule has 1 unspecified atom stereocenters. The highest BCUT2D eigenvalue weighted by Crippen LogP contribution is 2.24. The minimum absolute atomic E-state index is 0.129. The third-order valence-corrected chi connectivity index (χ3v) is 2.61. The van der Waals surface area contributed by atoms with Crippen molar-refractivity contribution in [2.75, 3.05) is 17.7 Å². The third kappa shape index (κ3) is 2.70. The van der Waals surface area contributed by atoms with Crippen molar-refractivity contribution in [3.63, 3.8) is 0 Å². The molecule has 1 atom stereocenters. The lowest BCUT2D eigenvalue weighted by molar-refractivity contribution is 0.453. The van der Waals surface area contributed by atoms with Crippen molar-refractivity contribution in [2.24, 2.45) is 0 Å². The van der Waals surface area contributed by atoms with Crippen LogP contribution >= 0.6 is 11.6 Å². The standard InChI is InChI=1S/C11H14ClN5O/c1-6-4-14-10(18-6)7(2)16-9-8(12)5-15-11(13-3)17-9/h4-5,7H,1-3H3,(H2,13,15,16,17). The summed E-state index contributed by atoms with van der Waals surface area (Å²) in [6, 6.07) is -0.129. The van der Waals surface area contributed by atoms with E-state index in [2.05, 4.69) is 25.6 Å². The summed E-state index contributed by atoms with van der Waals surface area (Å²) in [5, 5.41) is 6.44. The van der Waals surface area contributed by atoms with Crippen LogP contribution in [-0.4, -0.2) is 22.0 Å². The summed E-state index contributed by atoms with van der Waals surface area (Å²) in [5.74, 6) is 2.40. The zero-order valence-corrected chi connectivity index (χ0v) is 11.1. The maximum atomic E-state index is 6.02. The lowest BCUT2D eigenvalue weighted by Gasteiger charge is -2.12. The van der Waals surface area contributed by atoms with Gasteiger partial charge in [0.15, 0.2) is 5.82 Å². The molecule has 0 saturated carbocycles. The second kappa shape index (κ2) is 5.22. The molecule has 0 spiro atoms. The van der Waals surface area contributed by atoms with Gasteiger partial charge in [-0.3, -0.25) is 0 Å². The Labute approximate surface area is 110 Å². The Bertz CT molecular complexity index is 542. The molecule has 18 heavy (non-hydrogen) atoms. The number of halogens is 1. The number of anilines is 2. The second-order valence-corrected chi connectivity index (χ2v) is 4.22. The van der Waals surface area contributed by atoms with E-state index in [-0.39, 0.29) is 6.04 Å². The minimum Gasteiger partial charge on any atom is -0.444 e. The molecule has 2 rings (SSSR count). The number of hydrogen-bond acceptors (Lipinski definition) is 6. The molecule has 2 N–H and O–H groups in total. The Balaban J connectivity index is 2.18. The van der Waals surface area contributed by atoms with Gasteiger partial charge in [-0.25, -0.2) is 9.97 Å². The molecular weight excluding hydrogens is 254 g/mol. The van der Waals surface area contributed by atoms with Gasteiger partial charge in [-0.1, -0.05) is 11.6 Å². The van der Waals surface area contributed by atoms with Crippen LogP contribution in [0.5, 0.6) is 0 Å². The van der Waals surface area contributed by atoms with E-state index in [1.807, 2.05) is 13.8 Å². The van der Waals surface area contributed by atoms with Crippen LogP contribution in [0, 0.1) is 6.92 Å². The van der Waals surface area contributed by atoms with Crippen LogP contribution in [0.1, 0.15) is 24.6 Å². The molecule has 0 aliphatic carbocycles. The Morgan fingerprint density at radius 3 is 2.72 bits per heavy atom. The highest BCUT2D eigenvalue weighted by atomic mass is 35.5. The minimum atomic E-state index is -0.129. The molecule has 0 aliphatic heterocycles. The van der Waals surface area contributed by atoms with Gasteiger partial charge in [-0.05, 0) is 13.8 Å². The van der Waals surface area contributed by atoms with E-state index in [0.29, 0.717) is 22.7 Å². The number of nitrogens with zero attached hydrogens (tertiary/aromatic N) is 3. The van der Waals surface area contributed by atoms with Crippen LogP contribution in [-0.2, 0) is 0 Å². The van der Waals surface area contributed by atoms with Gasteiger partial charge >= 0.3 is 0 Å². The van der Waals surface area contributed by atoms with Crippen molar-refractivity contribution < 1.29 is 4.42 Å². The van der Waals surface area contributed by atoms with Crippen molar-refractivity contribution in [1.29, 1.82) is 0 Å². The number of aromatic nitrogens is 3. The molecule has 6 nitrogen and oxygen atoms in total. The van der Waals surface area contributed by atoms with Gasteiger partial charge in [-0.2, -0.15) is 4.98 Å². The van der Waals surface area contributed by atoms with Gasteiger partial charge in [0.25, 0.3) is 0 Å². The summed E-state index contributed by atoms with van der Waals surface area (Å²) >= 11 is 6.02. The molecule has 0 aromatic carbocycles. The Hall–Kier alpha value is -1.82. The van der Waals surface area contributed by atoms with Gasteiger partial charge in [-0.15, -0.1) is 0 Å². The summed E-state index contributed by atoms with van der Waals surface area (Å²) in [7, 11) is 1.74. The van der Waals surface area contributed by atoms with Crippen LogP contribution in [0.3, 0.4) is 0 Å². The van der Waals surface area contributed by atoms with Crippen molar-refractivity contribution in [1.82, 2.24) is 15.0 Å². The number of rotatable bonds is 4. The molecule has 0 aliphatic rings. The molecule has 0 amide bonds. The van der Waals surface area contributed by atoms with E-state index in [1.165, 1.54) is 6.20 Å². The molecule has 2 aromatic heterocycles. The lowest BCUT2D eigenvalue weighted by atomic mass is 10.3. The van der Waals surface area contributed by atoms with Crippen molar-refractivity contribution in [2.45, 2.75) is 19.9 Å². The molecule has 0 saturated heterocycles. The second-order valence-electron chi connectivity index (χ2n) is 3.82. The monoisotopic (exact) mass is 267 g/mol. The number of hydrogen-bond donors (Lipinski definition) is 2. The fourth-order valence-corrected chi connectivity index (χ4v) is 1.57. The Morgan fingerprint density at radius 1 is 1.33 bits per heavy atom. The van der Waals surface area contributed by atoms with Crippen LogP contribution in [0.4, 0.5) is 11.8 Å². The van der Waals surface area contributed by atoms with Crippen molar-refractivity contribution in [3.8, 4) is 0 Å². The molecular formula is C11H14ClN5O. The average molecular weight is 268 g/mol. The summed E-state index contributed by atoms with van der Waals surface area (Å²) < 4.78 is 5.44. The van der Waals surface area contributed by atoms with E-state index in [1.54, 1.807) is 13.2 Å². The fourth-order valence-electron chi connectivity index (χ4n) is 1.43. The topological polar surface area (TPSA) is 75.9 Å². The van der Waals surface area contributed by atoms with E-state index in [4.69, 9.17) is 16.0 Å². The SMILES string of the molecule is CNc1ncc(Cl)c(NC(C)c2ncc(C)o2)n1. The summed E-state index contributed by atoms with van der Waals surface area (Å²) in [5.41, 5.74) is 0. The quantitative estimate of drug-likeness (QED) is 0.887. The zero-order valence-electron chi connectivity index (χ0n) is 10.4. The Morgan fingerprint density at radius 2 is 2.11 bits per heavy atom. The maximum Gasteiger partial charge on any atom is 0.224 e. The van der Waals surface area contributed by atoms with E-state index < -0.39 is 0 Å². The van der Waals surface area contributed by atoms with Crippen LogP contribution in [0.2, 0.25) is 5.02 Å².